The van der Waals surface area contributed by atoms with Crippen molar-refractivity contribution in [2.24, 2.45) is 10.9 Å². The van der Waals surface area contributed by atoms with Gasteiger partial charge in [-0.1, -0.05) is 18.2 Å². The highest BCUT2D eigenvalue weighted by Gasteiger charge is 2.24. The number of Topliss-reactive ketones (excluding diaryl/α,β-unsaturated/α-hetero) is 1. The van der Waals surface area contributed by atoms with Gasteiger partial charge >= 0.3 is 0 Å². The van der Waals surface area contributed by atoms with E-state index in [9.17, 15) is 14.0 Å². The van der Waals surface area contributed by atoms with Crippen molar-refractivity contribution in [3.05, 3.63) is 59.7 Å². The lowest BCUT2D eigenvalue weighted by Crippen LogP contribution is -2.21. The number of fused-ring (bicyclic) bond motifs is 1. The molecule has 0 spiro atoms. The number of benzene rings is 1. The number of hydrogen-bond acceptors (Lipinski definition) is 4. The average molecular weight is 423 g/mol. The molecular formula is C24H27FN4O2. The molecule has 3 rings (SSSR count). The van der Waals surface area contributed by atoms with Crippen molar-refractivity contribution in [1.82, 2.24) is 4.98 Å². The van der Waals surface area contributed by atoms with E-state index in [1.54, 1.807) is 36.7 Å². The molecular weight excluding hydrogens is 395 g/mol. The zero-order valence-electron chi connectivity index (χ0n) is 17.4. The van der Waals surface area contributed by atoms with Crippen molar-refractivity contribution in [3.63, 3.8) is 0 Å². The van der Waals surface area contributed by atoms with Crippen molar-refractivity contribution < 1.29 is 14.0 Å². The van der Waals surface area contributed by atoms with Crippen LogP contribution < -0.4 is 5.32 Å². The van der Waals surface area contributed by atoms with Gasteiger partial charge in [-0.05, 0) is 68.7 Å². The summed E-state index contributed by atoms with van der Waals surface area (Å²) in [5, 5.41) is 10.7. The van der Waals surface area contributed by atoms with Crippen molar-refractivity contribution in [2.45, 2.75) is 51.4 Å². The van der Waals surface area contributed by atoms with E-state index in [0.29, 0.717) is 44.1 Å². The molecule has 2 heterocycles. The summed E-state index contributed by atoms with van der Waals surface area (Å²) in [4.78, 5) is 32.8. The number of aliphatic imine (C=N–C) groups is 1. The third kappa shape index (κ3) is 6.64. The fraction of sp³-hybridized carbons (Fsp3) is 0.375. The van der Waals surface area contributed by atoms with Crippen LogP contribution in [0.25, 0.3) is 0 Å². The number of halogens is 1. The average Bonchev–Trinajstić information content (AvgIpc) is 2.93. The summed E-state index contributed by atoms with van der Waals surface area (Å²) in [5.74, 6) is -1.03. The summed E-state index contributed by atoms with van der Waals surface area (Å²) < 4.78 is 13.6. The molecule has 0 unspecified atom stereocenters. The number of carbonyl (C=O) groups excluding carboxylic acids is 2. The number of pyridine rings is 1. The van der Waals surface area contributed by atoms with Gasteiger partial charge in [0, 0.05) is 24.8 Å². The van der Waals surface area contributed by atoms with E-state index in [1.807, 2.05) is 6.07 Å². The zero-order valence-corrected chi connectivity index (χ0v) is 17.4. The first kappa shape index (κ1) is 22.5. The van der Waals surface area contributed by atoms with Crippen LogP contribution in [0.4, 0.5) is 10.1 Å². The number of carbonyl (C=O) groups is 2. The quantitative estimate of drug-likeness (QED) is 0.353. The van der Waals surface area contributed by atoms with Gasteiger partial charge in [0.1, 0.15) is 5.82 Å². The minimum atomic E-state index is -0.329. The second-order valence-corrected chi connectivity index (χ2v) is 7.68. The molecule has 2 aromatic rings. The Balaban J connectivity index is 1.35. The van der Waals surface area contributed by atoms with Crippen LogP contribution in [0.3, 0.4) is 0 Å². The molecule has 31 heavy (non-hydrogen) atoms. The van der Waals surface area contributed by atoms with Gasteiger partial charge in [-0.15, -0.1) is 0 Å². The minimum absolute atomic E-state index is 0.0397. The SMILES string of the molecule is N=C(/N=C/CCCc1ccccc1F)C(=O)CCC[C@H]1CCc2ncccc2NC1=O. The first-order chi connectivity index (χ1) is 15.0. The van der Waals surface area contributed by atoms with Crippen LogP contribution in [0.5, 0.6) is 0 Å². The zero-order chi connectivity index (χ0) is 22.1. The van der Waals surface area contributed by atoms with Crippen LogP contribution in [0.15, 0.2) is 47.6 Å². The predicted molar refractivity (Wildman–Crippen MR) is 119 cm³/mol. The third-order valence-electron chi connectivity index (χ3n) is 5.43. The van der Waals surface area contributed by atoms with Crippen LogP contribution >= 0.6 is 0 Å². The summed E-state index contributed by atoms with van der Waals surface area (Å²) in [6.45, 7) is 0. The van der Waals surface area contributed by atoms with Crippen LogP contribution in [0.1, 0.15) is 49.8 Å². The lowest BCUT2D eigenvalue weighted by molar-refractivity contribution is -0.120. The molecule has 1 aromatic carbocycles. The van der Waals surface area contributed by atoms with E-state index in [0.717, 1.165) is 17.8 Å². The topological polar surface area (TPSA) is 95.3 Å². The van der Waals surface area contributed by atoms with Crippen molar-refractivity contribution in [3.8, 4) is 0 Å². The molecule has 1 aliphatic heterocycles. The molecule has 0 fully saturated rings. The van der Waals surface area contributed by atoms with E-state index in [1.165, 1.54) is 6.07 Å². The Labute approximate surface area is 181 Å². The number of hydrogen-bond donors (Lipinski definition) is 2. The first-order valence-corrected chi connectivity index (χ1v) is 10.7. The summed E-state index contributed by atoms with van der Waals surface area (Å²) in [7, 11) is 0. The largest absolute Gasteiger partial charge is 0.324 e. The van der Waals surface area contributed by atoms with E-state index >= 15 is 0 Å². The van der Waals surface area contributed by atoms with Gasteiger partial charge in [-0.25, -0.2) is 9.38 Å². The van der Waals surface area contributed by atoms with Crippen molar-refractivity contribution in [1.29, 1.82) is 5.41 Å². The van der Waals surface area contributed by atoms with Crippen LogP contribution in [-0.4, -0.2) is 28.7 Å². The number of amides is 1. The number of amidine groups is 1. The van der Waals surface area contributed by atoms with Crippen LogP contribution in [0.2, 0.25) is 0 Å². The monoisotopic (exact) mass is 422 g/mol. The highest BCUT2D eigenvalue weighted by Crippen LogP contribution is 2.25. The van der Waals surface area contributed by atoms with Crippen LogP contribution in [-0.2, 0) is 22.4 Å². The van der Waals surface area contributed by atoms with E-state index < -0.39 is 0 Å². The number of unbranched alkanes of at least 4 members (excludes halogenated alkanes) is 1. The fourth-order valence-electron chi connectivity index (χ4n) is 3.64. The lowest BCUT2D eigenvalue weighted by atomic mass is 9.95. The summed E-state index contributed by atoms with van der Waals surface area (Å²) in [6, 6.07) is 10.3. The number of nitrogens with one attached hydrogen (secondary N) is 2. The normalized spacial score (nSPS) is 15.9. The van der Waals surface area contributed by atoms with Gasteiger partial charge < -0.3 is 5.32 Å². The van der Waals surface area contributed by atoms with Crippen LogP contribution in [0, 0.1) is 17.1 Å². The molecule has 1 amide bonds. The number of nitrogens with zero attached hydrogens (tertiary/aromatic N) is 2. The molecule has 0 radical (unpaired) electrons. The Bertz CT molecular complexity index is 974. The molecule has 0 aliphatic carbocycles. The fourth-order valence-corrected chi connectivity index (χ4v) is 3.64. The van der Waals surface area contributed by atoms with Gasteiger partial charge in [-0.2, -0.15) is 0 Å². The molecule has 1 aromatic heterocycles. The summed E-state index contributed by atoms with van der Waals surface area (Å²) in [6.07, 6.45) is 7.85. The molecule has 7 heteroatoms. The molecule has 0 saturated carbocycles. The first-order valence-electron chi connectivity index (χ1n) is 10.7. The van der Waals surface area contributed by atoms with Gasteiger partial charge in [0.25, 0.3) is 0 Å². The molecule has 0 bridgehead atoms. The van der Waals surface area contributed by atoms with Gasteiger partial charge in [0.05, 0.1) is 11.4 Å². The summed E-state index contributed by atoms with van der Waals surface area (Å²) >= 11 is 0. The smallest absolute Gasteiger partial charge is 0.227 e. The Morgan fingerprint density at radius 2 is 2.10 bits per heavy atom. The molecule has 162 valence electrons. The van der Waals surface area contributed by atoms with Crippen molar-refractivity contribution in [2.75, 3.05) is 5.32 Å². The Kier molecular flexibility index (Phi) is 8.15. The molecule has 0 saturated heterocycles. The maximum atomic E-state index is 13.6. The maximum Gasteiger partial charge on any atom is 0.227 e. The number of aryl methyl sites for hydroxylation is 2. The molecule has 2 N–H and O–H groups in total. The highest BCUT2D eigenvalue weighted by atomic mass is 19.1. The Morgan fingerprint density at radius 3 is 2.94 bits per heavy atom. The number of ketones is 1. The molecule has 1 atom stereocenters. The molecule has 6 nitrogen and oxygen atoms in total. The second kappa shape index (κ2) is 11.2. The Morgan fingerprint density at radius 1 is 1.26 bits per heavy atom. The number of rotatable bonds is 9. The summed E-state index contributed by atoms with van der Waals surface area (Å²) in [5.41, 5.74) is 2.31. The standard InChI is InChI=1S/C24H27FN4O2/c25-19-10-2-1-7-17(19)8-3-4-15-28-23(26)22(30)12-5-9-18-13-14-20-21(29-24(18)31)11-6-16-27-20/h1-2,6-7,10-11,15-16,18,26H,3-5,8-9,12-14H2,(H,29,31)/b26-23?,28-15+/t18-/m0/s1. The third-order valence-corrected chi connectivity index (χ3v) is 5.43. The van der Waals surface area contributed by atoms with Gasteiger partial charge in [0.2, 0.25) is 5.91 Å². The predicted octanol–water partition coefficient (Wildman–Crippen LogP) is 4.53. The highest BCUT2D eigenvalue weighted by molar-refractivity contribution is 6.38. The van der Waals surface area contributed by atoms with Gasteiger partial charge in [-0.3, -0.25) is 20.0 Å². The molecule has 1 aliphatic rings. The van der Waals surface area contributed by atoms with Gasteiger partial charge in [0.15, 0.2) is 11.6 Å². The van der Waals surface area contributed by atoms with E-state index in [-0.39, 0.29) is 35.7 Å². The lowest BCUT2D eigenvalue weighted by Gasteiger charge is -2.12. The second-order valence-electron chi connectivity index (χ2n) is 7.68. The Hall–Kier alpha value is -3.22. The number of anilines is 1. The van der Waals surface area contributed by atoms with E-state index in [2.05, 4.69) is 15.3 Å². The number of aromatic nitrogens is 1. The minimum Gasteiger partial charge on any atom is -0.324 e. The van der Waals surface area contributed by atoms with Crippen molar-refractivity contribution >= 4 is 29.4 Å². The maximum absolute atomic E-state index is 13.6. The van der Waals surface area contributed by atoms with E-state index in [4.69, 9.17) is 5.41 Å².